The molecule has 1 aromatic carbocycles. The number of alkyl halides is 3. The number of hydrogen-bond acceptors (Lipinski definition) is 6. The average molecular weight is 620 g/mol. The van der Waals surface area contributed by atoms with Crippen LogP contribution in [0.25, 0.3) is 5.82 Å². The van der Waals surface area contributed by atoms with Gasteiger partial charge in [-0.05, 0) is 34.7 Å². The highest BCUT2D eigenvalue weighted by atomic mass is 127. The summed E-state index contributed by atoms with van der Waals surface area (Å²) >= 11 is 1.76. The number of carbonyl (C=O) groups excluding carboxylic acids is 1. The third kappa shape index (κ3) is 4.91. The first-order valence-corrected chi connectivity index (χ1v) is 10.7. The van der Waals surface area contributed by atoms with Gasteiger partial charge in [0.15, 0.2) is 34.7 Å². The highest BCUT2D eigenvalue weighted by Gasteiger charge is 2.41. The van der Waals surface area contributed by atoms with E-state index in [-0.39, 0.29) is 19.8 Å². The number of nitrogens with zero attached hydrogens (tertiary/aromatic N) is 4. The van der Waals surface area contributed by atoms with Crippen molar-refractivity contribution in [2.24, 2.45) is 0 Å². The lowest BCUT2D eigenvalue weighted by Gasteiger charge is -2.14. The van der Waals surface area contributed by atoms with Crippen LogP contribution in [0.3, 0.4) is 0 Å². The first kappa shape index (κ1) is 25.2. The minimum absolute atomic E-state index is 0.00155. The number of aromatic nitrogens is 4. The van der Waals surface area contributed by atoms with E-state index >= 15 is 0 Å². The van der Waals surface area contributed by atoms with E-state index in [9.17, 15) is 31.1 Å². The largest absolute Gasteiger partial charge is 0.450 e. The second-order valence-corrected chi connectivity index (χ2v) is 8.04. The summed E-state index contributed by atoms with van der Waals surface area (Å²) in [6.07, 6.45) is -2.33. The molecule has 0 bridgehead atoms. The van der Waals surface area contributed by atoms with Gasteiger partial charge in [0.05, 0.1) is 15.3 Å². The van der Waals surface area contributed by atoms with Crippen molar-refractivity contribution in [1.29, 1.82) is 0 Å². The van der Waals surface area contributed by atoms with E-state index in [4.69, 9.17) is 10.5 Å². The molecule has 4 rings (SSSR count). The average Bonchev–Trinajstić information content (AvgIpc) is 3.25. The van der Waals surface area contributed by atoms with Crippen LogP contribution in [0.2, 0.25) is 0 Å². The summed E-state index contributed by atoms with van der Waals surface area (Å²) in [4.78, 5) is 19.9. The van der Waals surface area contributed by atoms with Crippen molar-refractivity contribution in [3.8, 4) is 17.3 Å². The maximum absolute atomic E-state index is 14.6. The van der Waals surface area contributed by atoms with Gasteiger partial charge in [-0.3, -0.25) is 4.79 Å². The lowest BCUT2D eigenvalue weighted by Crippen LogP contribution is -2.21. The van der Waals surface area contributed by atoms with Crippen molar-refractivity contribution in [2.75, 3.05) is 11.1 Å². The fraction of sp³-hybridized carbons (Fsp3) is 0.0476. The summed E-state index contributed by atoms with van der Waals surface area (Å²) < 4.78 is 90.2. The van der Waals surface area contributed by atoms with E-state index in [2.05, 4.69) is 15.1 Å². The van der Waals surface area contributed by atoms with Crippen LogP contribution in [0.4, 0.5) is 37.8 Å². The summed E-state index contributed by atoms with van der Waals surface area (Å²) in [6, 6.07) is 4.62. The second kappa shape index (κ2) is 9.63. The highest BCUT2D eigenvalue weighted by molar-refractivity contribution is 14.1. The molecule has 8 nitrogen and oxygen atoms in total. The van der Waals surface area contributed by atoms with E-state index in [0.29, 0.717) is 18.3 Å². The van der Waals surface area contributed by atoms with Gasteiger partial charge in [0, 0.05) is 36.3 Å². The van der Waals surface area contributed by atoms with Crippen molar-refractivity contribution >= 4 is 40.0 Å². The molecule has 0 radical (unpaired) electrons. The number of benzene rings is 1. The smallest absolute Gasteiger partial charge is 0.434 e. The maximum Gasteiger partial charge on any atom is 0.434 e. The molecule has 0 atom stereocenters. The molecule has 3 aromatic heterocycles. The number of halogens is 7. The van der Waals surface area contributed by atoms with Crippen LogP contribution in [0.1, 0.15) is 16.1 Å². The van der Waals surface area contributed by atoms with Crippen molar-refractivity contribution < 1.29 is 35.9 Å². The number of carbonyl (C=O) groups is 1. The highest BCUT2D eigenvalue weighted by Crippen LogP contribution is 2.36. The van der Waals surface area contributed by atoms with Gasteiger partial charge in [-0.25, -0.2) is 27.8 Å². The summed E-state index contributed by atoms with van der Waals surface area (Å²) in [5.74, 6) is -6.64. The second-order valence-electron chi connectivity index (χ2n) is 6.96. The molecule has 3 heterocycles. The molecule has 0 aliphatic rings. The van der Waals surface area contributed by atoms with Crippen LogP contribution in [-0.4, -0.2) is 25.7 Å². The molecule has 0 saturated carbocycles. The Kier molecular flexibility index (Phi) is 6.75. The van der Waals surface area contributed by atoms with Crippen LogP contribution in [-0.2, 0) is 6.18 Å². The first-order chi connectivity index (χ1) is 17.0. The quantitative estimate of drug-likeness (QED) is 0.231. The van der Waals surface area contributed by atoms with Crippen molar-refractivity contribution in [3.63, 3.8) is 0 Å². The van der Waals surface area contributed by atoms with Gasteiger partial charge < -0.3 is 15.8 Å². The predicted molar refractivity (Wildman–Crippen MR) is 122 cm³/mol. The zero-order valence-electron chi connectivity index (χ0n) is 17.4. The zero-order chi connectivity index (χ0) is 26.2. The van der Waals surface area contributed by atoms with Crippen LogP contribution < -0.4 is 15.8 Å². The fourth-order valence-corrected chi connectivity index (χ4v) is 3.47. The topological polar surface area (TPSA) is 108 Å². The third-order valence-corrected chi connectivity index (χ3v) is 5.66. The molecule has 186 valence electrons. The Morgan fingerprint density at radius 2 is 1.75 bits per heavy atom. The Bertz CT molecular complexity index is 1450. The van der Waals surface area contributed by atoms with Gasteiger partial charge in [-0.1, -0.05) is 0 Å². The molecule has 0 unspecified atom stereocenters. The number of anilines is 2. The molecule has 1 amide bonds. The van der Waals surface area contributed by atoms with Crippen LogP contribution in [0, 0.1) is 21.0 Å². The summed E-state index contributed by atoms with van der Waals surface area (Å²) in [7, 11) is 0. The van der Waals surface area contributed by atoms with Gasteiger partial charge in [0.1, 0.15) is 11.6 Å². The van der Waals surface area contributed by atoms with Gasteiger partial charge >= 0.3 is 6.18 Å². The molecule has 4 aromatic rings. The third-order valence-electron chi connectivity index (χ3n) is 4.57. The van der Waals surface area contributed by atoms with Gasteiger partial charge in [-0.2, -0.15) is 18.3 Å². The number of amides is 1. The standard InChI is InChI=1S/C21H11F6IN6O2/c22-11-2-1-4-31-19(11)34-17(21(25,26)27)10(8-32-34)20(35)33-9-6-12(23)16(13(24)7-9)36-14-3-5-30-18(29)15(14)28/h1-8H,(H2,29,30)(H,33,35). The molecular weight excluding hydrogens is 609 g/mol. The summed E-state index contributed by atoms with van der Waals surface area (Å²) in [6.45, 7) is 0. The predicted octanol–water partition coefficient (Wildman–Crippen LogP) is 5.33. The van der Waals surface area contributed by atoms with Crippen molar-refractivity contribution in [3.05, 3.63) is 81.2 Å². The molecule has 0 spiro atoms. The van der Waals surface area contributed by atoms with E-state index in [1.54, 1.807) is 22.6 Å². The van der Waals surface area contributed by atoms with Crippen molar-refractivity contribution in [2.45, 2.75) is 6.18 Å². The van der Waals surface area contributed by atoms with Crippen LogP contribution in [0.5, 0.6) is 11.5 Å². The number of rotatable bonds is 5. The Balaban J connectivity index is 1.65. The maximum atomic E-state index is 14.6. The normalized spacial score (nSPS) is 11.4. The Morgan fingerprint density at radius 1 is 1.06 bits per heavy atom. The molecule has 0 saturated heterocycles. The Morgan fingerprint density at radius 3 is 2.39 bits per heavy atom. The van der Waals surface area contributed by atoms with Crippen LogP contribution >= 0.6 is 22.6 Å². The minimum Gasteiger partial charge on any atom is -0.450 e. The zero-order valence-corrected chi connectivity index (χ0v) is 19.6. The molecular formula is C21H11F6IN6O2. The fourth-order valence-electron chi connectivity index (χ4n) is 3.04. The van der Waals surface area contributed by atoms with Gasteiger partial charge in [-0.15, -0.1) is 0 Å². The lowest BCUT2D eigenvalue weighted by atomic mass is 10.2. The number of nitrogens with two attached hydrogens (primary N) is 1. The van der Waals surface area contributed by atoms with Gasteiger partial charge in [0.25, 0.3) is 5.91 Å². The first-order valence-electron chi connectivity index (χ1n) is 9.61. The SMILES string of the molecule is Nc1nccc(Oc2c(F)cc(NC(=O)c3cnn(-c4ncccc4F)c3C(F)(F)F)cc2F)c1I. The number of nitrogen functional groups attached to an aromatic ring is 1. The number of pyridine rings is 2. The van der Waals surface area contributed by atoms with Crippen molar-refractivity contribution in [1.82, 2.24) is 19.7 Å². The number of nitrogens with one attached hydrogen (secondary N) is 1. The van der Waals surface area contributed by atoms with Gasteiger partial charge in [0.2, 0.25) is 0 Å². The summed E-state index contributed by atoms with van der Waals surface area (Å²) in [5.41, 5.74) is 2.44. The monoisotopic (exact) mass is 620 g/mol. The molecule has 3 N–H and O–H groups in total. The lowest BCUT2D eigenvalue weighted by molar-refractivity contribution is -0.143. The summed E-state index contributed by atoms with van der Waals surface area (Å²) in [5, 5.41) is 5.41. The van der Waals surface area contributed by atoms with E-state index < -0.39 is 58.0 Å². The van der Waals surface area contributed by atoms with E-state index in [1.807, 2.05) is 5.32 Å². The number of hydrogen-bond donors (Lipinski definition) is 2. The molecule has 0 aliphatic carbocycles. The minimum atomic E-state index is -5.16. The molecule has 15 heteroatoms. The Hall–Kier alpha value is -3.89. The number of ether oxygens (including phenoxy) is 1. The van der Waals surface area contributed by atoms with Crippen LogP contribution in [0.15, 0.2) is 48.9 Å². The van der Waals surface area contributed by atoms with E-state index in [1.165, 1.54) is 12.3 Å². The Labute approximate surface area is 211 Å². The molecule has 0 fully saturated rings. The van der Waals surface area contributed by atoms with E-state index in [0.717, 1.165) is 18.3 Å². The molecule has 36 heavy (non-hydrogen) atoms. The molecule has 0 aliphatic heterocycles.